The van der Waals surface area contributed by atoms with E-state index >= 15 is 0 Å². The Morgan fingerprint density at radius 3 is 1.18 bits per heavy atom. The van der Waals surface area contributed by atoms with Crippen LogP contribution in [0.15, 0.2) is 48.5 Å². The summed E-state index contributed by atoms with van der Waals surface area (Å²) in [6, 6.07) is 16.0. The van der Waals surface area contributed by atoms with E-state index in [0.717, 1.165) is 22.6 Å². The molecule has 4 heterocycles. The highest BCUT2D eigenvalue weighted by molar-refractivity contribution is 5.64. The first-order valence-electron chi connectivity index (χ1n) is 15.5. The van der Waals surface area contributed by atoms with E-state index in [-0.39, 0.29) is 36.6 Å². The molecule has 0 spiro atoms. The molecule has 4 fully saturated rings. The minimum atomic E-state index is -0.721. The summed E-state index contributed by atoms with van der Waals surface area (Å²) in [6.07, 6.45) is -1.57. The van der Waals surface area contributed by atoms with Crippen molar-refractivity contribution in [1.82, 2.24) is 0 Å². The molecule has 0 aliphatic carbocycles. The van der Waals surface area contributed by atoms with Crippen molar-refractivity contribution < 1.29 is 47.4 Å². The van der Waals surface area contributed by atoms with E-state index in [0.29, 0.717) is 26.4 Å². The van der Waals surface area contributed by atoms with Gasteiger partial charge in [-0.2, -0.15) is 0 Å². The van der Waals surface area contributed by atoms with Gasteiger partial charge in [-0.15, -0.1) is 0 Å². The summed E-state index contributed by atoms with van der Waals surface area (Å²) in [6.45, 7) is 16.8. The fraction of sp³-hybridized carbons (Fsp3) is 0.647. The summed E-state index contributed by atoms with van der Waals surface area (Å²) < 4.78 is 60.5. The molecule has 0 amide bonds. The number of hydrogen-bond acceptors (Lipinski definition) is 10. The summed E-state index contributed by atoms with van der Waals surface area (Å²) in [5.41, 5.74) is 2.13. The van der Waals surface area contributed by atoms with Crippen LogP contribution in [0.5, 0.6) is 11.5 Å². The van der Waals surface area contributed by atoms with Crippen LogP contribution in [0, 0.1) is 0 Å². The van der Waals surface area contributed by atoms with Gasteiger partial charge in [-0.1, -0.05) is 24.3 Å². The Labute approximate surface area is 260 Å². The van der Waals surface area contributed by atoms with E-state index in [2.05, 4.69) is 0 Å². The van der Waals surface area contributed by atoms with Gasteiger partial charge in [-0.05, 0) is 90.8 Å². The van der Waals surface area contributed by atoms with Crippen LogP contribution in [-0.4, -0.2) is 86.2 Å². The number of rotatable bonds is 9. The van der Waals surface area contributed by atoms with E-state index < -0.39 is 23.1 Å². The molecule has 6 atom stereocenters. The molecule has 0 aromatic heterocycles. The smallest absolute Gasteiger partial charge is 0.164 e. The number of ether oxygens (including phenoxy) is 10. The van der Waals surface area contributed by atoms with Crippen molar-refractivity contribution in [3.63, 3.8) is 0 Å². The summed E-state index contributed by atoms with van der Waals surface area (Å²) in [5.74, 6) is -1.21. The van der Waals surface area contributed by atoms with Crippen LogP contribution in [-0.2, 0) is 37.9 Å². The van der Waals surface area contributed by atoms with Crippen LogP contribution in [0.4, 0.5) is 0 Å². The molecular formula is C34H46O10. The van der Waals surface area contributed by atoms with Gasteiger partial charge in [0.25, 0.3) is 0 Å². The Kier molecular flexibility index (Phi) is 8.51. The SMILES string of the molecule is CC1(C)OC[C@H]([C@H]2OC(C)(C)O[C@@H]2COc2ccc(-c3ccc(OC[C@H]4OC(C)(C)O[C@@H]4[C@H]4COC(C)(C)O4)cc3)cc2)O1. The fourth-order valence-electron chi connectivity index (χ4n) is 6.21. The molecular weight excluding hydrogens is 568 g/mol. The topological polar surface area (TPSA) is 92.3 Å². The third-order valence-corrected chi connectivity index (χ3v) is 8.11. The van der Waals surface area contributed by atoms with Crippen molar-refractivity contribution in [2.24, 2.45) is 0 Å². The van der Waals surface area contributed by atoms with E-state index in [1.54, 1.807) is 0 Å². The second kappa shape index (κ2) is 11.8. The Morgan fingerprint density at radius 1 is 0.500 bits per heavy atom. The molecule has 10 heteroatoms. The van der Waals surface area contributed by atoms with Crippen LogP contribution in [0.2, 0.25) is 0 Å². The highest BCUT2D eigenvalue weighted by Crippen LogP contribution is 2.37. The maximum Gasteiger partial charge on any atom is 0.164 e. The fourth-order valence-corrected chi connectivity index (χ4v) is 6.21. The largest absolute Gasteiger partial charge is 0.491 e. The predicted octanol–water partition coefficient (Wildman–Crippen LogP) is 5.45. The molecule has 242 valence electrons. The molecule has 44 heavy (non-hydrogen) atoms. The van der Waals surface area contributed by atoms with Crippen LogP contribution >= 0.6 is 0 Å². The molecule has 0 N–H and O–H groups in total. The molecule has 4 aliphatic rings. The van der Waals surface area contributed by atoms with Gasteiger partial charge >= 0.3 is 0 Å². The highest BCUT2D eigenvalue weighted by atomic mass is 16.8. The second-order valence-corrected chi connectivity index (χ2v) is 13.7. The van der Waals surface area contributed by atoms with Crippen molar-refractivity contribution in [3.8, 4) is 22.6 Å². The average Bonchev–Trinajstić information content (AvgIpc) is 3.68. The van der Waals surface area contributed by atoms with Gasteiger partial charge in [-0.3, -0.25) is 0 Å². The van der Waals surface area contributed by atoms with Gasteiger partial charge in [-0.25, -0.2) is 0 Å². The van der Waals surface area contributed by atoms with Crippen molar-refractivity contribution in [2.75, 3.05) is 26.4 Å². The maximum absolute atomic E-state index is 6.16. The van der Waals surface area contributed by atoms with E-state index in [1.165, 1.54) is 0 Å². The Hall–Kier alpha value is -2.28. The number of benzene rings is 2. The normalized spacial score (nSPS) is 33.5. The first-order valence-corrected chi connectivity index (χ1v) is 15.5. The molecule has 0 bridgehead atoms. The predicted molar refractivity (Wildman–Crippen MR) is 160 cm³/mol. The lowest BCUT2D eigenvalue weighted by molar-refractivity contribution is -0.174. The number of hydrogen-bond donors (Lipinski definition) is 0. The second-order valence-electron chi connectivity index (χ2n) is 13.7. The van der Waals surface area contributed by atoms with Gasteiger partial charge in [0.15, 0.2) is 23.1 Å². The maximum atomic E-state index is 6.16. The molecule has 0 saturated carbocycles. The van der Waals surface area contributed by atoms with Crippen molar-refractivity contribution >= 4 is 0 Å². The molecule has 6 rings (SSSR count). The van der Waals surface area contributed by atoms with E-state index in [9.17, 15) is 0 Å². The zero-order valence-corrected chi connectivity index (χ0v) is 27.0. The Balaban J connectivity index is 1.02. The third kappa shape index (κ3) is 7.40. The first kappa shape index (κ1) is 31.7. The first-order chi connectivity index (χ1) is 20.7. The highest BCUT2D eigenvalue weighted by Gasteiger charge is 2.51. The van der Waals surface area contributed by atoms with Crippen LogP contribution in [0.25, 0.3) is 11.1 Å². The van der Waals surface area contributed by atoms with Crippen LogP contribution in [0.3, 0.4) is 0 Å². The van der Waals surface area contributed by atoms with Gasteiger partial charge < -0.3 is 47.4 Å². The zero-order valence-electron chi connectivity index (χ0n) is 27.0. The van der Waals surface area contributed by atoms with Crippen LogP contribution in [0.1, 0.15) is 55.4 Å². The van der Waals surface area contributed by atoms with Gasteiger partial charge in [0.2, 0.25) is 0 Å². The summed E-state index contributed by atoms with van der Waals surface area (Å²) in [7, 11) is 0. The molecule has 4 saturated heterocycles. The van der Waals surface area contributed by atoms with E-state index in [1.807, 2.05) is 104 Å². The standard InChI is InChI=1S/C34H46O10/c1-31(2)37-19-27(39-31)29-25(41-33(5,6)43-29)17-35-23-13-9-21(10-14-23)22-11-15-24(16-12-22)36-18-26-30(44-34(7,8)42-26)28-20-38-32(3,4)40-28/h9-16,25-30H,17-20H2,1-8H3/t25-,26-,27-,28-,29+,30+/m1/s1. The lowest BCUT2D eigenvalue weighted by Gasteiger charge is -2.24. The lowest BCUT2D eigenvalue weighted by Crippen LogP contribution is -2.40. The average molecular weight is 615 g/mol. The van der Waals surface area contributed by atoms with Gasteiger partial charge in [0.05, 0.1) is 13.2 Å². The molecule has 2 aromatic carbocycles. The summed E-state index contributed by atoms with van der Waals surface area (Å²) >= 11 is 0. The molecule has 0 radical (unpaired) electrons. The third-order valence-electron chi connectivity index (χ3n) is 8.11. The van der Waals surface area contributed by atoms with Crippen molar-refractivity contribution in [1.29, 1.82) is 0 Å². The van der Waals surface area contributed by atoms with Gasteiger partial charge in [0.1, 0.15) is 61.3 Å². The van der Waals surface area contributed by atoms with E-state index in [4.69, 9.17) is 47.4 Å². The monoisotopic (exact) mass is 614 g/mol. The molecule has 0 unspecified atom stereocenters. The van der Waals surface area contributed by atoms with Gasteiger partial charge in [0, 0.05) is 0 Å². The van der Waals surface area contributed by atoms with Crippen LogP contribution < -0.4 is 9.47 Å². The zero-order chi connectivity index (χ0) is 31.3. The quantitative estimate of drug-likeness (QED) is 0.363. The minimum Gasteiger partial charge on any atom is -0.491 e. The molecule has 10 nitrogen and oxygen atoms in total. The Morgan fingerprint density at radius 2 is 0.864 bits per heavy atom. The summed E-state index contributed by atoms with van der Waals surface area (Å²) in [4.78, 5) is 0. The summed E-state index contributed by atoms with van der Waals surface area (Å²) in [5, 5.41) is 0. The molecule has 4 aliphatic heterocycles. The van der Waals surface area contributed by atoms with Crippen molar-refractivity contribution in [2.45, 2.75) is 115 Å². The molecule has 2 aromatic rings. The minimum absolute atomic E-state index is 0.217. The lowest BCUT2D eigenvalue weighted by atomic mass is 10.1. The Bertz CT molecular complexity index is 1170. The van der Waals surface area contributed by atoms with Crippen molar-refractivity contribution in [3.05, 3.63) is 48.5 Å².